The summed E-state index contributed by atoms with van der Waals surface area (Å²) in [5.41, 5.74) is 22.4. The lowest BCUT2D eigenvalue weighted by molar-refractivity contribution is 0.486. The topological polar surface area (TPSA) is 12.5 Å². The first kappa shape index (κ1) is 43.2. The number of rotatable bonds is 7. The second kappa shape index (κ2) is 17.4. The Morgan fingerprint density at radius 1 is 0.280 bits per heavy atom. The summed E-state index contributed by atoms with van der Waals surface area (Å²) in [6, 6.07) is 106. The summed E-state index contributed by atoms with van der Waals surface area (Å²) in [7, 11) is 0. The summed E-state index contributed by atoms with van der Waals surface area (Å²) in [5.74, 6) is 1.83. The lowest BCUT2D eigenvalue weighted by Gasteiger charge is -2.50. The van der Waals surface area contributed by atoms with Crippen LogP contribution in [0.2, 0.25) is 0 Å². The highest BCUT2D eigenvalue weighted by Crippen LogP contribution is 2.51. The minimum absolute atomic E-state index is 0.0571. The predicted molar refractivity (Wildman–Crippen MR) is 316 cm³/mol. The third-order valence-corrected chi connectivity index (χ3v) is 16.3. The molecule has 1 atom stereocenters. The van der Waals surface area contributed by atoms with E-state index in [0.717, 1.165) is 34.1 Å². The first-order chi connectivity index (χ1) is 37.2. The lowest BCUT2D eigenvalue weighted by Crippen LogP contribution is -2.68. The monoisotopic (exact) mass is 951 g/mol. The fourth-order valence-electron chi connectivity index (χ4n) is 13.2. The van der Waals surface area contributed by atoms with Crippen molar-refractivity contribution in [1.82, 2.24) is 0 Å². The molecule has 0 radical (unpaired) electrons. The molecule has 75 heavy (non-hydrogen) atoms. The molecule has 0 bridgehead atoms. The third kappa shape index (κ3) is 6.76. The van der Waals surface area contributed by atoms with Crippen LogP contribution in [0.15, 0.2) is 285 Å². The van der Waals surface area contributed by atoms with E-state index in [2.05, 4.69) is 290 Å². The maximum absolute atomic E-state index is 7.08. The summed E-state index contributed by atoms with van der Waals surface area (Å²) in [6.07, 6.45) is 0. The minimum atomic E-state index is -0.772. The molecule has 1 unspecified atom stereocenters. The Morgan fingerprint density at radius 3 is 1.43 bits per heavy atom. The number of nitrogens with zero attached hydrogens (tertiary/aromatic N) is 1. The van der Waals surface area contributed by atoms with Crippen molar-refractivity contribution in [2.75, 3.05) is 4.90 Å². The number of hydrogen-bond donors (Lipinski definition) is 0. The Kier molecular flexibility index (Phi) is 10.0. The van der Waals surface area contributed by atoms with E-state index in [1.165, 1.54) is 93.6 Å². The van der Waals surface area contributed by atoms with E-state index in [0.29, 0.717) is 0 Å². The van der Waals surface area contributed by atoms with Crippen LogP contribution in [0.5, 0.6) is 11.5 Å². The zero-order chi connectivity index (χ0) is 49.5. The molecule has 12 aromatic carbocycles. The number of benzene rings is 12. The van der Waals surface area contributed by atoms with Crippen LogP contribution in [0.4, 0.5) is 17.1 Å². The Labute approximate surface area is 439 Å². The summed E-state index contributed by atoms with van der Waals surface area (Å²) < 4.78 is 7.08. The van der Waals surface area contributed by atoms with Gasteiger partial charge in [0.2, 0.25) is 6.71 Å². The van der Waals surface area contributed by atoms with E-state index in [1.54, 1.807) is 0 Å². The normalized spacial score (nSPS) is 14.5. The molecule has 0 fully saturated rings. The highest BCUT2D eigenvalue weighted by Gasteiger charge is 2.55. The van der Waals surface area contributed by atoms with Gasteiger partial charge < -0.3 is 9.64 Å². The molecule has 3 aliphatic heterocycles. The quantitative estimate of drug-likeness (QED) is 0.148. The number of fused-ring (bicyclic) bond motifs is 11. The van der Waals surface area contributed by atoms with Gasteiger partial charge in [-0.15, -0.1) is 0 Å². The Balaban J connectivity index is 1.04. The molecule has 12 aromatic rings. The van der Waals surface area contributed by atoms with Crippen LogP contribution in [0.3, 0.4) is 0 Å². The molecule has 0 N–H and O–H groups in total. The van der Waals surface area contributed by atoms with E-state index in [1.807, 2.05) is 0 Å². The zero-order valence-corrected chi connectivity index (χ0v) is 41.1. The van der Waals surface area contributed by atoms with Crippen LogP contribution in [0.1, 0.15) is 22.3 Å². The summed E-state index contributed by atoms with van der Waals surface area (Å²) >= 11 is 0. The highest BCUT2D eigenvalue weighted by molar-refractivity contribution is 6.99. The van der Waals surface area contributed by atoms with Crippen LogP contribution in [0.25, 0.3) is 44.2 Å². The largest absolute Gasteiger partial charge is 0.458 e. The van der Waals surface area contributed by atoms with Gasteiger partial charge >= 0.3 is 0 Å². The molecule has 348 valence electrons. The first-order valence-corrected chi connectivity index (χ1v) is 26.1. The van der Waals surface area contributed by atoms with Crippen LogP contribution in [-0.4, -0.2) is 13.4 Å². The summed E-state index contributed by atoms with van der Waals surface area (Å²) in [4.78, 5) is 2.33. The second-order valence-electron chi connectivity index (χ2n) is 20.2. The van der Waals surface area contributed by atoms with Gasteiger partial charge in [0.15, 0.2) is 0 Å². The molecular formula is C71H47B2NO. The Bertz CT molecular complexity index is 4120. The molecule has 0 aliphatic carbocycles. The number of ether oxygens (including phenoxy) is 1. The number of hydrogen-bond acceptors (Lipinski definition) is 2. The van der Waals surface area contributed by atoms with Crippen molar-refractivity contribution in [3.63, 3.8) is 0 Å². The maximum atomic E-state index is 7.08. The van der Waals surface area contributed by atoms with Gasteiger partial charge in [0.05, 0.1) is 5.41 Å². The maximum Gasteiger partial charge on any atom is 0.251 e. The number of anilines is 3. The summed E-state index contributed by atoms with van der Waals surface area (Å²) in [6.45, 7) is -0.127. The lowest BCUT2D eigenvalue weighted by atomic mass is 9.25. The smallest absolute Gasteiger partial charge is 0.251 e. The van der Waals surface area contributed by atoms with Crippen molar-refractivity contribution in [2.24, 2.45) is 0 Å². The van der Waals surface area contributed by atoms with Crippen molar-refractivity contribution in [1.29, 1.82) is 0 Å². The first-order valence-electron chi connectivity index (χ1n) is 26.1. The van der Waals surface area contributed by atoms with Crippen LogP contribution in [-0.2, 0) is 5.41 Å². The second-order valence-corrected chi connectivity index (χ2v) is 20.2. The van der Waals surface area contributed by atoms with Gasteiger partial charge in [0.1, 0.15) is 11.5 Å². The molecule has 3 aliphatic rings. The standard InChI is InChI=1S/C71H47B2NO/c1-5-19-48(20-6-1)52-38-43-64-61(45-52)71(59-42-37-54(49-21-7-2-8-22-49)47-67(59)73-66-31-15-16-33-68(66)75-69-34-18-30-60(71)70(69)73)62-46-53(39-44-65(62)72(64)63-32-17-24-51-23-13-14-29-58(51)63)50-35-40-57(41-36-50)74(55-25-9-3-10-26-55)56-27-11-4-12-28-56/h1-47H. The van der Waals surface area contributed by atoms with Crippen LogP contribution < -0.4 is 42.4 Å². The molecular weight excluding hydrogens is 904 g/mol. The Hall–Kier alpha value is -9.37. The van der Waals surface area contributed by atoms with Gasteiger partial charge in [0.25, 0.3) is 6.71 Å². The van der Waals surface area contributed by atoms with Gasteiger partial charge in [-0.05, 0) is 126 Å². The molecule has 0 amide bonds. The zero-order valence-electron chi connectivity index (χ0n) is 41.1. The molecule has 3 heterocycles. The van der Waals surface area contributed by atoms with Crippen molar-refractivity contribution < 1.29 is 4.74 Å². The fourth-order valence-corrected chi connectivity index (χ4v) is 13.2. The molecule has 0 saturated carbocycles. The van der Waals surface area contributed by atoms with E-state index < -0.39 is 5.41 Å². The fraction of sp³-hybridized carbons (Fsp3) is 0.0141. The molecule has 15 rings (SSSR count). The minimum Gasteiger partial charge on any atom is -0.458 e. The van der Waals surface area contributed by atoms with Gasteiger partial charge in [-0.1, -0.05) is 258 Å². The number of para-hydroxylation sites is 3. The third-order valence-electron chi connectivity index (χ3n) is 16.3. The van der Waals surface area contributed by atoms with Gasteiger partial charge in [-0.2, -0.15) is 0 Å². The van der Waals surface area contributed by atoms with Crippen molar-refractivity contribution in [3.8, 4) is 44.9 Å². The average molecular weight is 952 g/mol. The predicted octanol–water partition coefficient (Wildman–Crippen LogP) is 13.5. The highest BCUT2D eigenvalue weighted by atomic mass is 16.5. The van der Waals surface area contributed by atoms with Gasteiger partial charge in [0, 0.05) is 17.1 Å². The van der Waals surface area contributed by atoms with Crippen molar-refractivity contribution in [2.45, 2.75) is 5.41 Å². The van der Waals surface area contributed by atoms with Gasteiger partial charge in [-0.25, -0.2) is 0 Å². The SMILES string of the molecule is c1ccc(-c2ccc3c(c2)B2c4ccccc4Oc4cccc(c42)C32c3cc(-c4ccccc4)ccc3B(c3cccc4ccccc34)c3ccc(-c4ccc(N(c5ccccc5)c5ccccc5)cc4)cc32)cc1. The van der Waals surface area contributed by atoms with Crippen molar-refractivity contribution >= 4 is 74.0 Å². The molecule has 2 nitrogen and oxygen atoms in total. The molecule has 1 spiro atoms. The average Bonchev–Trinajstić information content (AvgIpc) is 3.64. The van der Waals surface area contributed by atoms with E-state index in [-0.39, 0.29) is 13.4 Å². The van der Waals surface area contributed by atoms with Crippen LogP contribution >= 0.6 is 0 Å². The summed E-state index contributed by atoms with van der Waals surface area (Å²) in [5, 5.41) is 2.51. The van der Waals surface area contributed by atoms with Crippen molar-refractivity contribution in [3.05, 3.63) is 307 Å². The van der Waals surface area contributed by atoms with Crippen LogP contribution in [0, 0.1) is 0 Å². The van der Waals surface area contributed by atoms with E-state index in [9.17, 15) is 0 Å². The van der Waals surface area contributed by atoms with Gasteiger partial charge in [-0.3, -0.25) is 0 Å². The van der Waals surface area contributed by atoms with E-state index >= 15 is 0 Å². The molecule has 0 saturated heterocycles. The Morgan fingerprint density at radius 2 is 0.760 bits per heavy atom. The molecule has 0 aromatic heterocycles. The van der Waals surface area contributed by atoms with E-state index in [4.69, 9.17) is 4.74 Å². The molecule has 4 heteroatoms.